The monoisotopic (exact) mass is 868 g/mol. The van der Waals surface area contributed by atoms with E-state index in [1.54, 1.807) is 0 Å². The van der Waals surface area contributed by atoms with E-state index in [4.69, 9.17) is 0 Å². The van der Waals surface area contributed by atoms with Gasteiger partial charge in [-0.25, -0.2) is 0 Å². The van der Waals surface area contributed by atoms with Crippen LogP contribution in [0.4, 0.5) is 45.5 Å². The van der Waals surface area contributed by atoms with Gasteiger partial charge < -0.3 is 24.8 Å². The van der Waals surface area contributed by atoms with Crippen molar-refractivity contribution < 1.29 is 34.3 Å². The van der Waals surface area contributed by atoms with Crippen LogP contribution in [0.1, 0.15) is 0 Å². The van der Waals surface area contributed by atoms with Gasteiger partial charge in [-0.15, -0.1) is 0 Å². The van der Waals surface area contributed by atoms with Gasteiger partial charge in [0.25, 0.3) is 0 Å². The zero-order valence-corrected chi connectivity index (χ0v) is 36.0. The zero-order chi connectivity index (χ0) is 39.6. The summed E-state index contributed by atoms with van der Waals surface area (Å²) in [5.41, 5.74) is 8.19. The highest BCUT2D eigenvalue weighted by Gasteiger charge is 2.29. The van der Waals surface area contributed by atoms with E-state index < -0.39 is 15.0 Å². The van der Waals surface area contributed by atoms with Gasteiger partial charge in [-0.1, -0.05) is 146 Å². The molecule has 8 N–H and O–H groups in total. The third kappa shape index (κ3) is 13.9. The van der Waals surface area contributed by atoms with Gasteiger partial charge in [0.2, 0.25) is 11.4 Å². The third-order valence-corrected chi connectivity index (χ3v) is 13.3. The summed E-state index contributed by atoms with van der Waals surface area (Å²) in [5.74, 6) is 0. The second-order valence-electron chi connectivity index (χ2n) is 13.2. The number of hydrogen-bond donors (Lipinski definition) is 8. The zero-order valence-electron chi connectivity index (χ0n) is 32.7. The van der Waals surface area contributed by atoms with Crippen molar-refractivity contribution in [2.75, 3.05) is 30.5 Å². The lowest BCUT2D eigenvalue weighted by Gasteiger charge is -2.24. The average molecular weight is 870 g/mol. The molecular formula is C48H48Cl2N8P2. The van der Waals surface area contributed by atoms with E-state index >= 15 is 0 Å². The van der Waals surface area contributed by atoms with Crippen LogP contribution in [-0.2, 0) is 0 Å². The Bertz CT molecular complexity index is 2110. The summed E-state index contributed by atoms with van der Waals surface area (Å²) in [5, 5.41) is 22.3. The van der Waals surface area contributed by atoms with Crippen molar-refractivity contribution in [2.24, 2.45) is 0 Å². The van der Waals surface area contributed by atoms with Crippen LogP contribution in [0.25, 0.3) is 0 Å². The molecule has 0 amide bonds. The quantitative estimate of drug-likeness (QED) is 0.0701. The molecule has 0 aliphatic rings. The van der Waals surface area contributed by atoms with E-state index in [-0.39, 0.29) is 24.8 Å². The first kappa shape index (κ1) is 44.7. The summed E-state index contributed by atoms with van der Waals surface area (Å²) < 4.78 is 7.43. The van der Waals surface area contributed by atoms with Crippen LogP contribution < -0.4 is 64.8 Å². The highest BCUT2D eigenvalue weighted by atomic mass is 35.5. The van der Waals surface area contributed by atoms with E-state index in [9.17, 15) is 0 Å². The van der Waals surface area contributed by atoms with Gasteiger partial charge in [-0.3, -0.25) is 30.5 Å². The molecule has 304 valence electrons. The van der Waals surface area contributed by atoms with Gasteiger partial charge in [0.1, 0.15) is 0 Å². The van der Waals surface area contributed by atoms with E-state index in [1.807, 2.05) is 146 Å². The number of benzene rings is 8. The summed E-state index contributed by atoms with van der Waals surface area (Å²) in [6, 6.07) is 81.8. The predicted molar refractivity (Wildman–Crippen MR) is 248 cm³/mol. The highest BCUT2D eigenvalue weighted by molar-refractivity contribution is 7.68. The Morgan fingerprint density at radius 2 is 0.367 bits per heavy atom. The van der Waals surface area contributed by atoms with Crippen molar-refractivity contribution in [2.45, 2.75) is 0 Å². The number of hydrogen-bond acceptors (Lipinski definition) is 0. The van der Waals surface area contributed by atoms with Gasteiger partial charge >= 0.3 is 15.0 Å². The molecule has 8 nitrogen and oxygen atoms in total. The fourth-order valence-corrected chi connectivity index (χ4v) is 10.9. The van der Waals surface area contributed by atoms with Gasteiger partial charge in [0, 0.05) is 58.4 Å². The lowest BCUT2D eigenvalue weighted by atomic mass is 10.3. The smallest absolute Gasteiger partial charge is 0.386 e. The minimum absolute atomic E-state index is 0. The van der Waals surface area contributed by atoms with Crippen molar-refractivity contribution in [1.29, 1.82) is 0 Å². The third-order valence-electron chi connectivity index (χ3n) is 8.56. The molecule has 60 heavy (non-hydrogen) atoms. The van der Waals surface area contributed by atoms with Crippen LogP contribution in [0.3, 0.4) is 0 Å². The van der Waals surface area contributed by atoms with E-state index in [0.717, 1.165) is 45.5 Å². The lowest BCUT2D eigenvalue weighted by molar-refractivity contribution is -0.329. The van der Waals surface area contributed by atoms with Gasteiger partial charge in [-0.2, -0.15) is 9.49 Å². The molecule has 0 atom stereocenters. The maximum atomic E-state index is 3.72. The van der Waals surface area contributed by atoms with E-state index in [2.05, 4.69) is 137 Å². The molecule has 0 aromatic heterocycles. The van der Waals surface area contributed by atoms with E-state index in [1.165, 1.54) is 0 Å². The van der Waals surface area contributed by atoms with Crippen LogP contribution in [0.5, 0.6) is 0 Å². The summed E-state index contributed by atoms with van der Waals surface area (Å²) in [6.45, 7) is 0. The second-order valence-corrected chi connectivity index (χ2v) is 17.6. The normalized spacial score (nSPS) is 10.4. The number of anilines is 6. The van der Waals surface area contributed by atoms with Crippen molar-refractivity contribution in [1.82, 2.24) is 0 Å². The van der Waals surface area contributed by atoms with Crippen LogP contribution in [-0.4, -0.2) is 0 Å². The fraction of sp³-hybridized carbons (Fsp3) is 0. The number of rotatable bonds is 14. The first-order valence-corrected chi connectivity index (χ1v) is 22.7. The molecule has 0 saturated heterocycles. The molecule has 12 heteroatoms. The predicted octanol–water partition coefficient (Wildman–Crippen LogP) is 5.37. The Hall–Kier alpha value is -6.40. The molecule has 0 spiro atoms. The number of halogens is 2. The minimum Gasteiger partial charge on any atom is -1.00 e. The van der Waals surface area contributed by atoms with Crippen molar-refractivity contribution in [3.63, 3.8) is 0 Å². The second kappa shape index (κ2) is 23.3. The van der Waals surface area contributed by atoms with Gasteiger partial charge in [-0.05, 0) is 72.8 Å². The van der Waals surface area contributed by atoms with Crippen molar-refractivity contribution >= 4 is 60.5 Å². The minimum atomic E-state index is -2.38. The summed E-state index contributed by atoms with van der Waals surface area (Å²) >= 11 is 0. The van der Waals surface area contributed by atoms with Crippen molar-refractivity contribution in [3.05, 3.63) is 243 Å². The molecular weight excluding hydrogens is 821 g/mol. The molecule has 0 bridgehead atoms. The Kier molecular flexibility index (Phi) is 17.3. The molecule has 0 radical (unpaired) electrons. The van der Waals surface area contributed by atoms with Crippen LogP contribution in [0.2, 0.25) is 0 Å². The topological polar surface area (TPSA) is 100 Å². The molecule has 8 rings (SSSR count). The fourth-order valence-electron chi connectivity index (χ4n) is 5.99. The Morgan fingerprint density at radius 1 is 0.217 bits per heavy atom. The van der Waals surface area contributed by atoms with Crippen LogP contribution >= 0.6 is 15.0 Å². The Balaban J connectivity index is 0.000000220. The Labute approximate surface area is 366 Å². The molecule has 0 heterocycles. The summed E-state index contributed by atoms with van der Waals surface area (Å²) in [6.07, 6.45) is 0. The molecule has 0 unspecified atom stereocenters. The first-order valence-electron chi connectivity index (χ1n) is 19.1. The Morgan fingerprint density at radius 3 is 0.533 bits per heavy atom. The largest absolute Gasteiger partial charge is 1.00 e. The summed E-state index contributed by atoms with van der Waals surface area (Å²) in [7, 11) is -4.77. The average Bonchev–Trinajstić information content (AvgIpc) is 3.27. The molecule has 8 aromatic rings. The van der Waals surface area contributed by atoms with Crippen LogP contribution in [0, 0.1) is 0 Å². The SMILES string of the molecule is [Cl-].[Cl-].c1ccc(NP(Nc2ccccc2)(Nc2ccccc2)=[NH+]c2ccccc2)cc1.c1ccc(NP(Nc2ccccc2)(Nc2ccccc2)=[NH+]c2ccccc2)cc1. The number of nitrogens with one attached hydrogen (secondary N) is 8. The summed E-state index contributed by atoms with van der Waals surface area (Å²) in [4.78, 5) is 0. The van der Waals surface area contributed by atoms with E-state index in [0.29, 0.717) is 0 Å². The molecule has 0 aliphatic carbocycles. The van der Waals surface area contributed by atoms with Gasteiger partial charge in [0.05, 0.1) is 0 Å². The number of para-hydroxylation sites is 8. The van der Waals surface area contributed by atoms with Crippen molar-refractivity contribution in [3.8, 4) is 0 Å². The van der Waals surface area contributed by atoms with Crippen LogP contribution in [0.15, 0.2) is 243 Å². The first-order chi connectivity index (χ1) is 28.6. The molecule has 0 saturated carbocycles. The molecule has 0 aliphatic heterocycles. The maximum Gasteiger partial charge on any atom is 0.386 e. The lowest BCUT2D eigenvalue weighted by Crippen LogP contribution is -3.00. The standard InChI is InChI=1S/2C24H23N4P.2ClH/c2*1-5-13-21(14-6-1)25-29(26-22-15-7-2-8-16-22,27-23-17-9-3-10-18-23)28-24-19-11-4-12-20-24;;/h2*1-20H,(H3,25,26,27,28);2*1H. The van der Waals surface area contributed by atoms with Gasteiger partial charge in [0.15, 0.2) is 0 Å². The molecule has 8 aromatic carbocycles. The molecule has 0 fully saturated rings. The highest BCUT2D eigenvalue weighted by Crippen LogP contribution is 2.44. The maximum absolute atomic E-state index is 3.72.